The molecule has 0 fully saturated rings. The molecule has 1 aromatic carbocycles. The lowest BCUT2D eigenvalue weighted by Crippen LogP contribution is -1.98. The van der Waals surface area contributed by atoms with E-state index in [0.29, 0.717) is 0 Å². The first-order valence-corrected chi connectivity index (χ1v) is 4.98. The molecule has 0 aliphatic heterocycles. The molecule has 1 aromatic heterocycles. The van der Waals surface area contributed by atoms with Gasteiger partial charge < -0.3 is 0 Å². The van der Waals surface area contributed by atoms with E-state index in [1.165, 1.54) is 9.13 Å². The molecule has 0 unspecified atom stereocenters. The third-order valence-corrected chi connectivity index (χ3v) is 2.51. The monoisotopic (exact) mass is 285 g/mol. The summed E-state index contributed by atoms with van der Waals surface area (Å²) >= 11 is 2.29. The van der Waals surface area contributed by atoms with Crippen LogP contribution in [0.3, 0.4) is 0 Å². The molecule has 0 amide bonds. The molecule has 13 heavy (non-hydrogen) atoms. The summed E-state index contributed by atoms with van der Waals surface area (Å²) < 4.78 is 2.98. The van der Waals surface area contributed by atoms with Crippen molar-refractivity contribution in [2.75, 3.05) is 0 Å². The minimum absolute atomic E-state index is 1.09. The van der Waals surface area contributed by atoms with Gasteiger partial charge in [-0.05, 0) is 47.2 Å². The summed E-state index contributed by atoms with van der Waals surface area (Å²) in [5.74, 6) is 0. The van der Waals surface area contributed by atoms with Gasteiger partial charge >= 0.3 is 0 Å². The molecule has 0 saturated carbocycles. The van der Waals surface area contributed by atoms with E-state index in [1.54, 1.807) is 10.9 Å². The quantitative estimate of drug-likeness (QED) is 0.752. The summed E-state index contributed by atoms with van der Waals surface area (Å²) in [5.41, 5.74) is 2.29. The molecule has 3 nitrogen and oxygen atoms in total. The highest BCUT2D eigenvalue weighted by Gasteiger charge is 2.01. The Balaban J connectivity index is 2.57. The minimum Gasteiger partial charge on any atom is -0.220 e. The largest absolute Gasteiger partial charge is 0.220 e. The Morgan fingerprint density at radius 1 is 1.38 bits per heavy atom. The molecule has 0 spiro atoms. The number of aromatic nitrogens is 3. The van der Waals surface area contributed by atoms with E-state index in [1.807, 2.05) is 6.20 Å². The van der Waals surface area contributed by atoms with Gasteiger partial charge in [-0.3, -0.25) is 0 Å². The molecule has 0 bridgehead atoms. The molecule has 0 radical (unpaired) electrons. The molecule has 2 aromatic rings. The summed E-state index contributed by atoms with van der Waals surface area (Å²) in [6, 6.07) is 6.25. The van der Waals surface area contributed by atoms with Crippen molar-refractivity contribution >= 4 is 22.6 Å². The Hall–Kier alpha value is -0.910. The molecule has 0 atom stereocenters. The predicted octanol–water partition coefficient (Wildman–Crippen LogP) is 2.18. The van der Waals surface area contributed by atoms with Crippen LogP contribution < -0.4 is 0 Å². The first-order valence-electron chi connectivity index (χ1n) is 3.90. The van der Waals surface area contributed by atoms with E-state index >= 15 is 0 Å². The predicted molar refractivity (Wildman–Crippen MR) is 58.8 cm³/mol. The van der Waals surface area contributed by atoms with Crippen molar-refractivity contribution in [2.45, 2.75) is 6.92 Å². The zero-order chi connectivity index (χ0) is 9.26. The van der Waals surface area contributed by atoms with E-state index in [-0.39, 0.29) is 0 Å². The molecule has 66 valence electrons. The van der Waals surface area contributed by atoms with Crippen LogP contribution >= 0.6 is 22.6 Å². The Morgan fingerprint density at radius 2 is 2.23 bits per heavy atom. The SMILES string of the molecule is Cc1ccc(I)cc1-n1ccnn1. The summed E-state index contributed by atoms with van der Waals surface area (Å²) in [6.45, 7) is 2.06. The van der Waals surface area contributed by atoms with Gasteiger partial charge in [-0.2, -0.15) is 0 Å². The molecule has 4 heteroatoms. The third kappa shape index (κ3) is 1.72. The zero-order valence-corrected chi connectivity index (χ0v) is 9.26. The van der Waals surface area contributed by atoms with Crippen LogP contribution in [0.25, 0.3) is 5.69 Å². The second-order valence-electron chi connectivity index (χ2n) is 2.78. The lowest BCUT2D eigenvalue weighted by molar-refractivity contribution is 0.798. The van der Waals surface area contributed by atoms with Crippen molar-refractivity contribution in [3.05, 3.63) is 39.7 Å². The van der Waals surface area contributed by atoms with Crippen LogP contribution in [0.2, 0.25) is 0 Å². The van der Waals surface area contributed by atoms with Crippen LogP contribution in [0, 0.1) is 10.5 Å². The number of halogens is 1. The van der Waals surface area contributed by atoms with Gasteiger partial charge in [0.25, 0.3) is 0 Å². The van der Waals surface area contributed by atoms with E-state index in [0.717, 1.165) is 5.69 Å². The normalized spacial score (nSPS) is 10.3. The topological polar surface area (TPSA) is 30.7 Å². The van der Waals surface area contributed by atoms with Crippen LogP contribution in [0.4, 0.5) is 0 Å². The van der Waals surface area contributed by atoms with Crippen molar-refractivity contribution in [3.8, 4) is 5.69 Å². The summed E-state index contributed by atoms with van der Waals surface area (Å²) in [4.78, 5) is 0. The van der Waals surface area contributed by atoms with Gasteiger partial charge in [-0.15, -0.1) is 5.10 Å². The average Bonchev–Trinajstić information content (AvgIpc) is 2.61. The molecule has 0 N–H and O–H groups in total. The number of rotatable bonds is 1. The van der Waals surface area contributed by atoms with E-state index in [9.17, 15) is 0 Å². The van der Waals surface area contributed by atoms with Crippen molar-refractivity contribution in [3.63, 3.8) is 0 Å². The van der Waals surface area contributed by atoms with Crippen LogP contribution in [-0.2, 0) is 0 Å². The molecule has 0 saturated heterocycles. The third-order valence-electron chi connectivity index (χ3n) is 1.84. The fourth-order valence-electron chi connectivity index (χ4n) is 1.17. The van der Waals surface area contributed by atoms with Gasteiger partial charge in [0.2, 0.25) is 0 Å². The lowest BCUT2D eigenvalue weighted by Gasteiger charge is -2.04. The fraction of sp³-hybridized carbons (Fsp3) is 0.111. The highest BCUT2D eigenvalue weighted by Crippen LogP contribution is 2.15. The number of benzene rings is 1. The van der Waals surface area contributed by atoms with Gasteiger partial charge in [-0.25, -0.2) is 4.68 Å². The Bertz CT molecular complexity index is 409. The maximum absolute atomic E-state index is 3.95. The standard InChI is InChI=1S/C9H8IN3/c1-7-2-3-8(10)6-9(7)13-5-4-11-12-13/h2-6H,1H3. The number of aryl methyl sites for hydroxylation is 1. The molecule has 2 rings (SSSR count). The van der Waals surface area contributed by atoms with E-state index in [4.69, 9.17) is 0 Å². The Morgan fingerprint density at radius 3 is 2.92 bits per heavy atom. The van der Waals surface area contributed by atoms with Crippen molar-refractivity contribution < 1.29 is 0 Å². The molecular formula is C9H8IN3. The van der Waals surface area contributed by atoms with Crippen molar-refractivity contribution in [1.82, 2.24) is 15.0 Å². The summed E-state index contributed by atoms with van der Waals surface area (Å²) in [6.07, 6.45) is 3.53. The summed E-state index contributed by atoms with van der Waals surface area (Å²) in [7, 11) is 0. The fourth-order valence-corrected chi connectivity index (χ4v) is 1.64. The second kappa shape index (κ2) is 3.45. The molecule has 1 heterocycles. The summed E-state index contributed by atoms with van der Waals surface area (Å²) in [5, 5.41) is 7.73. The second-order valence-corrected chi connectivity index (χ2v) is 4.02. The smallest absolute Gasteiger partial charge is 0.0703 e. The van der Waals surface area contributed by atoms with Crippen LogP contribution in [0.1, 0.15) is 5.56 Å². The number of hydrogen-bond acceptors (Lipinski definition) is 2. The number of hydrogen-bond donors (Lipinski definition) is 0. The van der Waals surface area contributed by atoms with Gasteiger partial charge in [0.05, 0.1) is 18.1 Å². The molecule has 0 aliphatic rings. The molecular weight excluding hydrogens is 277 g/mol. The molecule has 0 aliphatic carbocycles. The van der Waals surface area contributed by atoms with Crippen molar-refractivity contribution in [1.29, 1.82) is 0 Å². The van der Waals surface area contributed by atoms with Gasteiger partial charge in [0.15, 0.2) is 0 Å². The maximum atomic E-state index is 3.95. The van der Waals surface area contributed by atoms with Gasteiger partial charge in [0, 0.05) is 3.57 Å². The van der Waals surface area contributed by atoms with Crippen LogP contribution in [0.5, 0.6) is 0 Å². The van der Waals surface area contributed by atoms with E-state index < -0.39 is 0 Å². The zero-order valence-electron chi connectivity index (χ0n) is 7.11. The first-order chi connectivity index (χ1) is 6.27. The van der Waals surface area contributed by atoms with Crippen LogP contribution in [0.15, 0.2) is 30.6 Å². The number of nitrogens with zero attached hydrogens (tertiary/aromatic N) is 3. The first kappa shape index (κ1) is 8.68. The van der Waals surface area contributed by atoms with Crippen LogP contribution in [-0.4, -0.2) is 15.0 Å². The average molecular weight is 285 g/mol. The van der Waals surface area contributed by atoms with E-state index in [2.05, 4.69) is 58.0 Å². The minimum atomic E-state index is 1.09. The lowest BCUT2D eigenvalue weighted by atomic mass is 10.2. The maximum Gasteiger partial charge on any atom is 0.0703 e. The van der Waals surface area contributed by atoms with Gasteiger partial charge in [-0.1, -0.05) is 11.3 Å². The van der Waals surface area contributed by atoms with Crippen molar-refractivity contribution in [2.24, 2.45) is 0 Å². The Kier molecular flexibility index (Phi) is 2.30. The highest BCUT2D eigenvalue weighted by molar-refractivity contribution is 14.1. The highest BCUT2D eigenvalue weighted by atomic mass is 127. The van der Waals surface area contributed by atoms with Gasteiger partial charge in [0.1, 0.15) is 0 Å². The Labute approximate surface area is 89.9 Å².